The van der Waals surface area contributed by atoms with Gasteiger partial charge in [0.1, 0.15) is 28.4 Å². The van der Waals surface area contributed by atoms with Crippen LogP contribution in [0.3, 0.4) is 0 Å². The average molecular weight is 276 g/mol. The lowest BCUT2D eigenvalue weighted by Gasteiger charge is -2.17. The van der Waals surface area contributed by atoms with Crippen LogP contribution in [0.15, 0.2) is 18.2 Å². The maximum Gasteiger partial charge on any atom is 0.339 e. The lowest BCUT2D eigenvalue weighted by atomic mass is 10.1. The van der Waals surface area contributed by atoms with Crippen LogP contribution >= 0.6 is 0 Å². The summed E-state index contributed by atoms with van der Waals surface area (Å²) in [6.45, 7) is 0. The molecule has 0 saturated heterocycles. The molecule has 0 aliphatic rings. The van der Waals surface area contributed by atoms with Crippen LogP contribution in [0.2, 0.25) is 0 Å². The molecule has 1 aromatic heterocycles. The molecule has 0 amide bonds. The van der Waals surface area contributed by atoms with Gasteiger partial charge in [0.05, 0.1) is 14.2 Å². The van der Waals surface area contributed by atoms with E-state index in [0.29, 0.717) is 28.2 Å². The second-order valence-electron chi connectivity index (χ2n) is 4.43. The molecule has 0 bridgehead atoms. The highest BCUT2D eigenvalue weighted by molar-refractivity contribution is 6.01. The molecule has 20 heavy (non-hydrogen) atoms. The summed E-state index contributed by atoms with van der Waals surface area (Å²) in [5.74, 6) is 0.464. The van der Waals surface area contributed by atoms with Crippen molar-refractivity contribution in [3.8, 4) is 11.5 Å². The first-order valence-corrected chi connectivity index (χ1v) is 5.96. The fourth-order valence-electron chi connectivity index (χ4n) is 2.04. The second kappa shape index (κ2) is 5.24. The van der Waals surface area contributed by atoms with Crippen LogP contribution in [0, 0.1) is 0 Å². The number of hydrogen-bond donors (Lipinski definition) is 1. The molecule has 1 N–H and O–H groups in total. The predicted molar refractivity (Wildman–Crippen MR) is 76.1 cm³/mol. The number of carboxylic acid groups (broad SMARTS) is 1. The number of ether oxygens (including phenoxy) is 2. The van der Waals surface area contributed by atoms with Gasteiger partial charge in [-0.3, -0.25) is 0 Å². The van der Waals surface area contributed by atoms with Gasteiger partial charge in [-0.25, -0.2) is 9.78 Å². The molecule has 0 saturated carbocycles. The van der Waals surface area contributed by atoms with Crippen LogP contribution in [-0.4, -0.2) is 44.4 Å². The molecular formula is C14H16N2O4. The van der Waals surface area contributed by atoms with Gasteiger partial charge in [-0.15, -0.1) is 0 Å². The average Bonchev–Trinajstić information content (AvgIpc) is 2.44. The van der Waals surface area contributed by atoms with Crippen LogP contribution in [0.1, 0.15) is 10.4 Å². The number of carboxylic acids is 1. The summed E-state index contributed by atoms with van der Waals surface area (Å²) in [6, 6.07) is 5.03. The van der Waals surface area contributed by atoms with Gasteiger partial charge in [0, 0.05) is 19.5 Å². The minimum absolute atomic E-state index is 0.119. The molecule has 2 aromatic rings. The van der Waals surface area contributed by atoms with Crippen molar-refractivity contribution in [1.29, 1.82) is 0 Å². The van der Waals surface area contributed by atoms with Gasteiger partial charge in [0.2, 0.25) is 0 Å². The Balaban J connectivity index is 2.88. The Bertz CT molecular complexity index is 668. The van der Waals surface area contributed by atoms with Gasteiger partial charge in [-0.2, -0.15) is 0 Å². The van der Waals surface area contributed by atoms with E-state index in [4.69, 9.17) is 9.47 Å². The Morgan fingerprint density at radius 1 is 1.20 bits per heavy atom. The van der Waals surface area contributed by atoms with Crippen molar-refractivity contribution in [1.82, 2.24) is 4.98 Å². The Morgan fingerprint density at radius 2 is 1.80 bits per heavy atom. The molecular weight excluding hydrogens is 260 g/mol. The van der Waals surface area contributed by atoms with Gasteiger partial charge < -0.3 is 19.5 Å². The highest BCUT2D eigenvalue weighted by Crippen LogP contribution is 2.34. The van der Waals surface area contributed by atoms with Crippen LogP contribution in [0.5, 0.6) is 11.5 Å². The van der Waals surface area contributed by atoms with E-state index in [0.717, 1.165) is 0 Å². The van der Waals surface area contributed by atoms with Gasteiger partial charge in [-0.1, -0.05) is 0 Å². The summed E-state index contributed by atoms with van der Waals surface area (Å²) in [4.78, 5) is 17.5. The number of anilines is 1. The quantitative estimate of drug-likeness (QED) is 0.921. The molecule has 6 heteroatoms. The summed E-state index contributed by atoms with van der Waals surface area (Å²) in [6.07, 6.45) is 0. The van der Waals surface area contributed by atoms with Crippen molar-refractivity contribution in [3.05, 3.63) is 23.8 Å². The summed E-state index contributed by atoms with van der Waals surface area (Å²) >= 11 is 0. The maximum atomic E-state index is 11.4. The number of aromatic carboxylic acids is 1. The fraction of sp³-hybridized carbons (Fsp3) is 0.286. The number of nitrogens with zero attached hydrogens (tertiary/aromatic N) is 2. The smallest absolute Gasteiger partial charge is 0.339 e. The minimum Gasteiger partial charge on any atom is -0.496 e. The number of benzene rings is 1. The summed E-state index contributed by atoms with van der Waals surface area (Å²) in [5.41, 5.74) is 0.689. The van der Waals surface area contributed by atoms with E-state index in [1.165, 1.54) is 7.11 Å². The SMILES string of the molecule is COc1ccc(OC)c2nc(N(C)C)c(C(=O)O)cc12. The third-order valence-corrected chi connectivity index (χ3v) is 2.98. The third kappa shape index (κ3) is 2.20. The molecule has 106 valence electrons. The molecule has 0 spiro atoms. The van der Waals surface area contributed by atoms with E-state index in [9.17, 15) is 9.90 Å². The standard InChI is InChI=1S/C14H16N2O4/c1-16(2)13-9(14(17)18)7-8-10(19-3)5-6-11(20-4)12(8)15-13/h5-7H,1-4H3,(H,17,18). The largest absolute Gasteiger partial charge is 0.496 e. The Kier molecular flexibility index (Phi) is 3.65. The molecule has 0 unspecified atom stereocenters. The zero-order valence-corrected chi connectivity index (χ0v) is 11.8. The fourth-order valence-corrected chi connectivity index (χ4v) is 2.04. The van der Waals surface area contributed by atoms with Crippen molar-refractivity contribution in [2.24, 2.45) is 0 Å². The summed E-state index contributed by atoms with van der Waals surface area (Å²) in [5, 5.41) is 9.93. The van der Waals surface area contributed by atoms with Crippen molar-refractivity contribution >= 4 is 22.7 Å². The van der Waals surface area contributed by atoms with Crippen molar-refractivity contribution in [2.75, 3.05) is 33.2 Å². The lowest BCUT2D eigenvalue weighted by molar-refractivity contribution is 0.0697. The zero-order valence-electron chi connectivity index (χ0n) is 11.8. The van der Waals surface area contributed by atoms with E-state index >= 15 is 0 Å². The molecule has 0 fully saturated rings. The predicted octanol–water partition coefficient (Wildman–Crippen LogP) is 2.02. The maximum absolute atomic E-state index is 11.4. The van der Waals surface area contributed by atoms with Crippen molar-refractivity contribution < 1.29 is 19.4 Å². The number of pyridine rings is 1. The van der Waals surface area contributed by atoms with Crippen LogP contribution in [0.4, 0.5) is 5.82 Å². The van der Waals surface area contributed by atoms with Crippen LogP contribution in [-0.2, 0) is 0 Å². The number of aromatic nitrogens is 1. The van der Waals surface area contributed by atoms with E-state index in [2.05, 4.69) is 4.98 Å². The van der Waals surface area contributed by atoms with Crippen molar-refractivity contribution in [3.63, 3.8) is 0 Å². The molecule has 1 aromatic carbocycles. The highest BCUT2D eigenvalue weighted by atomic mass is 16.5. The van der Waals surface area contributed by atoms with Gasteiger partial charge >= 0.3 is 5.97 Å². The second-order valence-corrected chi connectivity index (χ2v) is 4.43. The van der Waals surface area contributed by atoms with E-state index in [1.807, 2.05) is 0 Å². The highest BCUT2D eigenvalue weighted by Gasteiger charge is 2.18. The van der Waals surface area contributed by atoms with E-state index in [-0.39, 0.29) is 5.56 Å². The van der Waals surface area contributed by atoms with Gasteiger partial charge in [0.15, 0.2) is 0 Å². The van der Waals surface area contributed by atoms with E-state index < -0.39 is 5.97 Å². The molecule has 1 heterocycles. The third-order valence-electron chi connectivity index (χ3n) is 2.98. The Hall–Kier alpha value is -2.50. The first-order chi connectivity index (χ1) is 9.49. The lowest BCUT2D eigenvalue weighted by Crippen LogP contribution is -2.16. The minimum atomic E-state index is -1.03. The molecule has 2 rings (SSSR count). The van der Waals surface area contributed by atoms with Gasteiger partial charge in [-0.05, 0) is 18.2 Å². The molecule has 0 aliphatic carbocycles. The molecule has 0 aliphatic heterocycles. The summed E-state index contributed by atoms with van der Waals surface area (Å²) in [7, 11) is 6.56. The number of fused-ring (bicyclic) bond motifs is 1. The van der Waals surface area contributed by atoms with Crippen molar-refractivity contribution in [2.45, 2.75) is 0 Å². The zero-order chi connectivity index (χ0) is 14.9. The monoisotopic (exact) mass is 276 g/mol. The molecule has 6 nitrogen and oxygen atoms in total. The Labute approximate surface area is 116 Å². The first-order valence-electron chi connectivity index (χ1n) is 5.96. The molecule has 0 atom stereocenters. The Morgan fingerprint density at radius 3 is 2.30 bits per heavy atom. The van der Waals surface area contributed by atoms with Crippen LogP contribution < -0.4 is 14.4 Å². The number of rotatable bonds is 4. The normalized spacial score (nSPS) is 10.4. The van der Waals surface area contributed by atoms with E-state index in [1.54, 1.807) is 44.3 Å². The number of methoxy groups -OCH3 is 2. The van der Waals surface area contributed by atoms with Crippen LogP contribution in [0.25, 0.3) is 10.9 Å². The summed E-state index contributed by atoms with van der Waals surface area (Å²) < 4.78 is 10.5. The van der Waals surface area contributed by atoms with Gasteiger partial charge in [0.25, 0.3) is 0 Å². The molecule has 0 radical (unpaired) electrons. The number of hydrogen-bond acceptors (Lipinski definition) is 5. The number of carbonyl (C=O) groups is 1. The topological polar surface area (TPSA) is 71.9 Å². The first kappa shape index (κ1) is 13.9.